The maximum absolute atomic E-state index is 6.05. The summed E-state index contributed by atoms with van der Waals surface area (Å²) < 4.78 is 0. The third kappa shape index (κ3) is 2.00. The van der Waals surface area contributed by atoms with Gasteiger partial charge in [-0.15, -0.1) is 0 Å². The summed E-state index contributed by atoms with van der Waals surface area (Å²) in [5.41, 5.74) is 1.18. The van der Waals surface area contributed by atoms with Gasteiger partial charge >= 0.3 is 0 Å². The van der Waals surface area contributed by atoms with E-state index in [4.69, 9.17) is 11.6 Å². The van der Waals surface area contributed by atoms with Crippen LogP contribution in [0.25, 0.3) is 0 Å². The van der Waals surface area contributed by atoms with Crippen molar-refractivity contribution in [2.45, 2.75) is 50.4 Å². The molecule has 1 heterocycles. The minimum Gasteiger partial charge on any atom is -0.237 e. The lowest BCUT2D eigenvalue weighted by Gasteiger charge is -2.09. The SMILES string of the molecule is Clc1cc(C2CC2)nc(C2CCCC2)n1. The summed E-state index contributed by atoms with van der Waals surface area (Å²) in [6, 6.07) is 1.94. The molecule has 0 bridgehead atoms. The van der Waals surface area contributed by atoms with E-state index in [1.165, 1.54) is 44.2 Å². The van der Waals surface area contributed by atoms with Crippen molar-refractivity contribution in [3.63, 3.8) is 0 Å². The largest absolute Gasteiger partial charge is 0.237 e. The first-order valence-electron chi connectivity index (χ1n) is 5.87. The van der Waals surface area contributed by atoms with Crippen LogP contribution in [0.2, 0.25) is 5.15 Å². The van der Waals surface area contributed by atoms with E-state index >= 15 is 0 Å². The van der Waals surface area contributed by atoms with Gasteiger partial charge in [-0.3, -0.25) is 0 Å². The van der Waals surface area contributed by atoms with Crippen LogP contribution in [0.3, 0.4) is 0 Å². The Hall–Kier alpha value is -0.630. The molecule has 15 heavy (non-hydrogen) atoms. The Kier molecular flexibility index (Phi) is 2.39. The molecule has 3 rings (SSSR count). The highest BCUT2D eigenvalue weighted by Gasteiger charge is 2.27. The molecule has 0 aromatic carbocycles. The molecule has 1 aromatic rings. The molecular weight excluding hydrogens is 208 g/mol. The molecule has 0 unspecified atom stereocenters. The molecule has 2 fully saturated rings. The van der Waals surface area contributed by atoms with Crippen molar-refractivity contribution in [2.75, 3.05) is 0 Å². The van der Waals surface area contributed by atoms with E-state index in [1.807, 2.05) is 6.07 Å². The van der Waals surface area contributed by atoms with Gasteiger partial charge in [0.15, 0.2) is 0 Å². The number of halogens is 1. The van der Waals surface area contributed by atoms with Crippen LogP contribution in [-0.2, 0) is 0 Å². The first kappa shape index (κ1) is 9.59. The first-order chi connectivity index (χ1) is 7.33. The van der Waals surface area contributed by atoms with E-state index in [9.17, 15) is 0 Å². The fourth-order valence-corrected chi connectivity index (χ4v) is 2.61. The molecule has 0 aliphatic heterocycles. The molecule has 2 saturated carbocycles. The van der Waals surface area contributed by atoms with Gasteiger partial charge in [-0.1, -0.05) is 24.4 Å². The van der Waals surface area contributed by atoms with Gasteiger partial charge in [-0.05, 0) is 31.7 Å². The zero-order valence-corrected chi connectivity index (χ0v) is 9.50. The van der Waals surface area contributed by atoms with Crippen molar-refractivity contribution in [1.82, 2.24) is 9.97 Å². The summed E-state index contributed by atoms with van der Waals surface area (Å²) in [4.78, 5) is 9.06. The van der Waals surface area contributed by atoms with Crippen molar-refractivity contribution >= 4 is 11.6 Å². The molecule has 0 atom stereocenters. The Balaban J connectivity index is 1.91. The van der Waals surface area contributed by atoms with Crippen LogP contribution in [0.15, 0.2) is 6.07 Å². The molecule has 2 aliphatic carbocycles. The Labute approximate surface area is 95.1 Å². The van der Waals surface area contributed by atoms with Gasteiger partial charge in [0.25, 0.3) is 0 Å². The van der Waals surface area contributed by atoms with Crippen LogP contribution in [0.1, 0.15) is 61.9 Å². The van der Waals surface area contributed by atoms with Crippen molar-refractivity contribution < 1.29 is 0 Å². The third-order valence-electron chi connectivity index (χ3n) is 3.45. The van der Waals surface area contributed by atoms with E-state index in [-0.39, 0.29) is 0 Å². The highest BCUT2D eigenvalue weighted by Crippen LogP contribution is 2.41. The van der Waals surface area contributed by atoms with Gasteiger partial charge in [-0.25, -0.2) is 9.97 Å². The predicted octanol–water partition coefficient (Wildman–Crippen LogP) is 3.67. The molecule has 80 valence electrons. The number of rotatable bonds is 2. The Morgan fingerprint density at radius 2 is 1.73 bits per heavy atom. The lowest BCUT2D eigenvalue weighted by Crippen LogP contribution is -2.03. The third-order valence-corrected chi connectivity index (χ3v) is 3.64. The molecule has 0 saturated heterocycles. The molecule has 0 radical (unpaired) electrons. The Morgan fingerprint density at radius 3 is 2.40 bits per heavy atom. The van der Waals surface area contributed by atoms with Crippen LogP contribution in [0, 0.1) is 0 Å². The molecule has 0 amide bonds. The van der Waals surface area contributed by atoms with Gasteiger partial charge in [-0.2, -0.15) is 0 Å². The van der Waals surface area contributed by atoms with Crippen LogP contribution in [0.4, 0.5) is 0 Å². The van der Waals surface area contributed by atoms with E-state index in [1.54, 1.807) is 0 Å². The fraction of sp³-hybridized carbons (Fsp3) is 0.667. The monoisotopic (exact) mass is 222 g/mol. The quantitative estimate of drug-likeness (QED) is 0.714. The smallest absolute Gasteiger partial charge is 0.133 e. The van der Waals surface area contributed by atoms with E-state index in [2.05, 4.69) is 9.97 Å². The zero-order chi connectivity index (χ0) is 10.3. The second-order valence-corrected chi connectivity index (χ2v) is 5.12. The number of nitrogens with zero attached hydrogens (tertiary/aromatic N) is 2. The van der Waals surface area contributed by atoms with Crippen LogP contribution >= 0.6 is 11.6 Å². The first-order valence-corrected chi connectivity index (χ1v) is 6.25. The zero-order valence-electron chi connectivity index (χ0n) is 8.75. The number of hydrogen-bond acceptors (Lipinski definition) is 2. The highest BCUT2D eigenvalue weighted by atomic mass is 35.5. The molecule has 0 N–H and O–H groups in total. The molecular formula is C12H15ClN2. The average molecular weight is 223 g/mol. The number of aromatic nitrogens is 2. The summed E-state index contributed by atoms with van der Waals surface area (Å²) in [6.07, 6.45) is 7.67. The summed E-state index contributed by atoms with van der Waals surface area (Å²) in [7, 11) is 0. The van der Waals surface area contributed by atoms with Gasteiger partial charge in [0.2, 0.25) is 0 Å². The minimum atomic E-state index is 0.571. The molecule has 2 aliphatic rings. The van der Waals surface area contributed by atoms with Crippen molar-refractivity contribution in [2.24, 2.45) is 0 Å². The van der Waals surface area contributed by atoms with Crippen LogP contribution in [-0.4, -0.2) is 9.97 Å². The van der Waals surface area contributed by atoms with Crippen LogP contribution < -0.4 is 0 Å². The maximum Gasteiger partial charge on any atom is 0.133 e. The van der Waals surface area contributed by atoms with Gasteiger partial charge in [0.05, 0.1) is 0 Å². The molecule has 1 aromatic heterocycles. The van der Waals surface area contributed by atoms with Crippen molar-refractivity contribution in [3.05, 3.63) is 22.7 Å². The Bertz CT molecular complexity index is 368. The lowest BCUT2D eigenvalue weighted by molar-refractivity contribution is 0.660. The molecule has 3 heteroatoms. The maximum atomic E-state index is 6.05. The van der Waals surface area contributed by atoms with E-state index in [0.29, 0.717) is 17.0 Å². The van der Waals surface area contributed by atoms with Gasteiger partial charge < -0.3 is 0 Å². The second kappa shape index (κ2) is 3.75. The summed E-state index contributed by atoms with van der Waals surface area (Å²) >= 11 is 6.05. The van der Waals surface area contributed by atoms with Crippen LogP contribution in [0.5, 0.6) is 0 Å². The molecule has 0 spiro atoms. The van der Waals surface area contributed by atoms with Crippen molar-refractivity contribution in [3.8, 4) is 0 Å². The second-order valence-electron chi connectivity index (χ2n) is 4.73. The predicted molar refractivity (Wildman–Crippen MR) is 60.2 cm³/mol. The average Bonchev–Trinajstić information content (AvgIpc) is 2.93. The highest BCUT2D eigenvalue weighted by molar-refractivity contribution is 6.29. The summed E-state index contributed by atoms with van der Waals surface area (Å²) in [5, 5.41) is 0.633. The van der Waals surface area contributed by atoms with E-state index in [0.717, 1.165) is 5.82 Å². The van der Waals surface area contributed by atoms with Gasteiger partial charge in [0.1, 0.15) is 11.0 Å². The summed E-state index contributed by atoms with van der Waals surface area (Å²) in [5.74, 6) is 2.24. The minimum absolute atomic E-state index is 0.571. The van der Waals surface area contributed by atoms with Crippen molar-refractivity contribution in [1.29, 1.82) is 0 Å². The standard InChI is InChI=1S/C12H15ClN2/c13-11-7-10(8-5-6-8)14-12(15-11)9-3-1-2-4-9/h7-9H,1-6H2. The lowest BCUT2D eigenvalue weighted by atomic mass is 10.1. The fourth-order valence-electron chi connectivity index (χ4n) is 2.41. The normalized spacial score (nSPS) is 22.2. The molecule has 2 nitrogen and oxygen atoms in total. The Morgan fingerprint density at radius 1 is 1.00 bits per heavy atom. The van der Waals surface area contributed by atoms with E-state index < -0.39 is 0 Å². The van der Waals surface area contributed by atoms with Gasteiger partial charge in [0, 0.05) is 17.5 Å². The number of hydrogen-bond donors (Lipinski definition) is 0. The summed E-state index contributed by atoms with van der Waals surface area (Å²) in [6.45, 7) is 0. The topological polar surface area (TPSA) is 25.8 Å².